The lowest BCUT2D eigenvalue weighted by Crippen LogP contribution is -2.33. The van der Waals surface area contributed by atoms with Gasteiger partial charge in [0.05, 0.1) is 19.5 Å². The van der Waals surface area contributed by atoms with Gasteiger partial charge in [0.1, 0.15) is 49.1 Å². The summed E-state index contributed by atoms with van der Waals surface area (Å²) in [7, 11) is -10.8. The first-order chi connectivity index (χ1) is 25.1. The molecule has 3 aliphatic heterocycles. The number of carbonyl (C=O) groups excluding carboxylic acids is 1. The van der Waals surface area contributed by atoms with E-state index in [9.17, 15) is 44.1 Å². The van der Waals surface area contributed by atoms with E-state index in [1.807, 2.05) is 0 Å². The smallest absolute Gasteiger partial charge is 0.387 e. The number of ether oxygens (including phenoxy) is 2. The summed E-state index contributed by atoms with van der Waals surface area (Å²) in [5, 5.41) is 53.7. The second-order valence-electron chi connectivity index (χ2n) is 12.5. The molecule has 3 aliphatic rings. The topological polar surface area (TPSA) is 299 Å². The molecule has 0 bridgehead atoms. The number of benzene rings is 1. The van der Waals surface area contributed by atoms with E-state index in [0.29, 0.717) is 48.3 Å². The lowest BCUT2D eigenvalue weighted by molar-refractivity contribution is -0.0507. The van der Waals surface area contributed by atoms with Crippen LogP contribution in [0.25, 0.3) is 11.2 Å². The Bertz CT molecular complexity index is 1990. The molecule has 2 saturated heterocycles. The zero-order chi connectivity index (χ0) is 38.1. The molecule has 286 valence electrons. The van der Waals surface area contributed by atoms with Crippen LogP contribution in [0.1, 0.15) is 54.4 Å². The Balaban J connectivity index is 1.01. The first-order valence-corrected chi connectivity index (χ1v) is 19.2. The lowest BCUT2D eigenvalue weighted by atomic mass is 9.99. The highest BCUT2D eigenvalue weighted by Gasteiger charge is 2.48. The van der Waals surface area contributed by atoms with Gasteiger partial charge in [0.2, 0.25) is 0 Å². The van der Waals surface area contributed by atoms with Gasteiger partial charge in [-0.25, -0.2) is 24.1 Å². The molecule has 1 aromatic carbocycles. The molecule has 2 fully saturated rings. The van der Waals surface area contributed by atoms with Crippen LogP contribution in [0.5, 0.6) is 0 Å². The predicted octanol–water partition coefficient (Wildman–Crippen LogP) is 1.14. The number of nitrogens with zero attached hydrogens (tertiary/aromatic N) is 6. The highest BCUT2D eigenvalue weighted by Crippen LogP contribution is 2.61. The number of fused-ring (bicyclic) bond motifs is 1. The van der Waals surface area contributed by atoms with Crippen LogP contribution in [0.2, 0.25) is 0 Å². The minimum Gasteiger partial charge on any atom is -0.387 e. The Labute approximate surface area is 301 Å². The highest BCUT2D eigenvalue weighted by atomic mass is 31.3. The van der Waals surface area contributed by atoms with Gasteiger partial charge in [-0.3, -0.25) is 18.4 Å². The maximum Gasteiger partial charge on any atom is 0.481 e. The van der Waals surface area contributed by atoms with E-state index < -0.39 is 83.5 Å². The Morgan fingerprint density at radius 3 is 2.32 bits per heavy atom. The fourth-order valence-electron chi connectivity index (χ4n) is 5.92. The van der Waals surface area contributed by atoms with Crippen LogP contribution in [0.3, 0.4) is 0 Å². The molecule has 23 heteroatoms. The number of anilines is 1. The number of hydrogen-bond acceptors (Lipinski definition) is 18. The Kier molecular flexibility index (Phi) is 11.5. The van der Waals surface area contributed by atoms with Gasteiger partial charge in [0.25, 0.3) is 0 Å². The van der Waals surface area contributed by atoms with E-state index in [2.05, 4.69) is 40.7 Å². The molecule has 2 aromatic heterocycles. The van der Waals surface area contributed by atoms with E-state index in [1.165, 1.54) is 30.2 Å². The molecular weight excluding hydrogens is 744 g/mol. The number of phosphoric ester groups is 2. The maximum absolute atomic E-state index is 12.6. The second-order valence-corrected chi connectivity index (χ2v) is 15.6. The van der Waals surface area contributed by atoms with E-state index in [-0.39, 0.29) is 11.4 Å². The molecule has 10 atom stereocenters. The largest absolute Gasteiger partial charge is 0.481 e. The van der Waals surface area contributed by atoms with Crippen molar-refractivity contribution in [2.75, 3.05) is 25.1 Å². The average molecular weight is 782 g/mol. The third-order valence-electron chi connectivity index (χ3n) is 8.83. The van der Waals surface area contributed by atoms with E-state index in [1.54, 1.807) is 18.2 Å². The third-order valence-corrected chi connectivity index (χ3v) is 11.4. The number of aromatic nitrogens is 4. The number of phosphoric acid groups is 2. The molecule has 0 radical (unpaired) electrons. The molecule has 0 aliphatic carbocycles. The first kappa shape index (κ1) is 39.1. The Morgan fingerprint density at radius 2 is 1.66 bits per heavy atom. The molecule has 7 N–H and O–H groups in total. The van der Waals surface area contributed by atoms with Gasteiger partial charge in [0, 0.05) is 31.4 Å². The molecule has 0 amide bonds. The van der Waals surface area contributed by atoms with E-state index in [0.717, 1.165) is 0 Å². The molecule has 6 rings (SSSR count). The Morgan fingerprint density at radius 1 is 0.981 bits per heavy atom. The number of carbonyl (C=O) groups is 1. The van der Waals surface area contributed by atoms with Gasteiger partial charge in [-0.2, -0.15) is 14.5 Å². The van der Waals surface area contributed by atoms with Gasteiger partial charge in [-0.05, 0) is 18.6 Å². The molecular formula is C30H37N7O14P2. The first-order valence-electron chi connectivity index (χ1n) is 16.2. The van der Waals surface area contributed by atoms with Crippen LogP contribution in [0.4, 0.5) is 5.82 Å². The van der Waals surface area contributed by atoms with Gasteiger partial charge < -0.3 is 45.0 Å². The van der Waals surface area contributed by atoms with Gasteiger partial charge >= 0.3 is 15.6 Å². The van der Waals surface area contributed by atoms with Crippen LogP contribution >= 0.6 is 15.6 Å². The third kappa shape index (κ3) is 8.88. The minimum atomic E-state index is -5.39. The minimum absolute atomic E-state index is 0.220. The number of aliphatic hydroxyl groups is 4. The molecule has 5 heterocycles. The van der Waals surface area contributed by atoms with E-state index in [4.69, 9.17) is 24.9 Å². The van der Waals surface area contributed by atoms with Crippen LogP contribution in [0.15, 0.2) is 47.1 Å². The van der Waals surface area contributed by atoms with Crippen molar-refractivity contribution in [3.8, 4) is 12.3 Å². The van der Waals surface area contributed by atoms with Gasteiger partial charge in [-0.15, -0.1) is 12.3 Å². The van der Waals surface area contributed by atoms with Crippen LogP contribution < -0.4 is 5.32 Å². The maximum atomic E-state index is 12.6. The molecule has 21 nitrogen and oxygen atoms in total. The fourth-order valence-corrected chi connectivity index (χ4v) is 8.01. The van der Waals surface area contributed by atoms with Crippen LogP contribution in [-0.4, -0.2) is 118 Å². The molecule has 0 saturated carbocycles. The number of aliphatic hydroxyl groups excluding tert-OH is 4. The SMILES string of the molecule is C#CCCC1(CCNc2ncnc3c2ncn3[C@H]2O[C@@H](COP(=O)(O)OP(=O)(O)OC[C@H]3O[C@@H](c4cccc(C(C)=O)c4)C(O)[C@H]3O)C(O)[C@H]2O)N=N1. The molecule has 53 heavy (non-hydrogen) atoms. The number of rotatable bonds is 17. The van der Waals surface area contributed by atoms with Crippen molar-refractivity contribution in [1.29, 1.82) is 0 Å². The highest BCUT2D eigenvalue weighted by molar-refractivity contribution is 7.61. The summed E-state index contributed by atoms with van der Waals surface area (Å²) < 4.78 is 51.8. The summed E-state index contributed by atoms with van der Waals surface area (Å²) in [6, 6.07) is 6.11. The van der Waals surface area contributed by atoms with Gasteiger partial charge in [0.15, 0.2) is 34.7 Å². The summed E-state index contributed by atoms with van der Waals surface area (Å²) in [5.74, 6) is 2.69. The van der Waals surface area contributed by atoms with Crippen molar-refractivity contribution in [3.05, 3.63) is 48.0 Å². The second kappa shape index (κ2) is 15.6. The number of Topliss-reactive ketones (excluding diaryl/α,β-unsaturated/α-hetero) is 1. The van der Waals surface area contributed by atoms with Crippen molar-refractivity contribution in [2.24, 2.45) is 10.2 Å². The van der Waals surface area contributed by atoms with Crippen molar-refractivity contribution in [1.82, 2.24) is 19.5 Å². The molecule has 3 aromatic rings. The van der Waals surface area contributed by atoms with Crippen molar-refractivity contribution in [3.63, 3.8) is 0 Å². The standard InChI is InChI=1S/C30H37N7O14P2/c1-3-4-8-30(35-36-30)9-10-31-27-21-28(33-14-32-27)37(15-34-21)29-25(42)23(40)20(50-29)13-48-53(45,46)51-52(43,44)47-12-19-22(39)24(41)26(49-19)18-7-5-6-17(11-18)16(2)38/h1,5-7,11,14-15,19-20,22-26,29,39-42H,4,8-10,12-13H2,2H3,(H,43,44)(H,45,46)(H,31,32,33)/t19-,20+,22+,23?,24?,25-,26+,29+/m1/s1. The number of terminal acetylenes is 1. The molecule has 4 unspecified atom stereocenters. The molecule has 0 spiro atoms. The Hall–Kier alpha value is -3.58. The summed E-state index contributed by atoms with van der Waals surface area (Å²) in [6.07, 6.45) is -2.03. The van der Waals surface area contributed by atoms with Crippen molar-refractivity contribution < 1.29 is 67.0 Å². The summed E-state index contributed by atoms with van der Waals surface area (Å²) in [5.41, 5.74) is 0.695. The number of ketones is 1. The summed E-state index contributed by atoms with van der Waals surface area (Å²) in [6.45, 7) is 0.0152. The predicted molar refractivity (Wildman–Crippen MR) is 179 cm³/mol. The summed E-state index contributed by atoms with van der Waals surface area (Å²) in [4.78, 5) is 44.8. The number of imidazole rings is 1. The summed E-state index contributed by atoms with van der Waals surface area (Å²) >= 11 is 0. The fraction of sp³-hybridized carbons (Fsp3) is 0.533. The van der Waals surface area contributed by atoms with E-state index >= 15 is 0 Å². The number of hydrogen-bond donors (Lipinski definition) is 7. The van der Waals surface area contributed by atoms with Crippen molar-refractivity contribution >= 4 is 38.4 Å². The quantitative estimate of drug-likeness (QED) is 0.0574. The number of nitrogens with one attached hydrogen (secondary N) is 1. The van der Waals surface area contributed by atoms with Crippen LogP contribution in [0, 0.1) is 12.3 Å². The zero-order valence-corrected chi connectivity index (χ0v) is 29.7. The van der Waals surface area contributed by atoms with Crippen molar-refractivity contribution in [2.45, 2.75) is 80.8 Å². The normalized spacial score (nSPS) is 29.8. The lowest BCUT2D eigenvalue weighted by Gasteiger charge is -2.20. The average Bonchev–Trinajstić information content (AvgIpc) is 3.52. The monoisotopic (exact) mass is 781 g/mol. The van der Waals surface area contributed by atoms with Gasteiger partial charge in [-0.1, -0.05) is 18.2 Å². The zero-order valence-electron chi connectivity index (χ0n) is 27.9. The van der Waals surface area contributed by atoms with Crippen LogP contribution in [-0.2, 0) is 32.0 Å².